The molecule has 3 rings (SSSR count). The van der Waals surface area contributed by atoms with E-state index in [0.29, 0.717) is 6.61 Å². The second-order valence-electron chi connectivity index (χ2n) is 5.88. The molecule has 0 radical (unpaired) electrons. The summed E-state index contributed by atoms with van der Waals surface area (Å²) >= 11 is 0. The third-order valence-corrected chi connectivity index (χ3v) is 4.34. The highest BCUT2D eigenvalue weighted by molar-refractivity contribution is 5.18. The molecule has 2 saturated heterocycles. The van der Waals surface area contributed by atoms with Crippen LogP contribution in [0.2, 0.25) is 0 Å². The molecule has 0 atom stereocenters. The van der Waals surface area contributed by atoms with Gasteiger partial charge in [-0.2, -0.15) is 0 Å². The molecular weight excluding hydrogens is 250 g/mol. The number of likely N-dealkylation sites (tertiary alicyclic amines) is 2. The first-order chi connectivity index (χ1) is 9.85. The Balaban J connectivity index is 1.43. The molecule has 0 aromatic carbocycles. The van der Waals surface area contributed by atoms with E-state index >= 15 is 0 Å². The van der Waals surface area contributed by atoms with Gasteiger partial charge >= 0.3 is 0 Å². The largest absolute Gasteiger partial charge is 0.478 e. The van der Waals surface area contributed by atoms with E-state index in [2.05, 4.69) is 20.9 Å². The van der Waals surface area contributed by atoms with Crippen molar-refractivity contribution in [1.29, 1.82) is 0 Å². The van der Waals surface area contributed by atoms with E-state index in [1.54, 1.807) is 0 Å². The lowest BCUT2D eigenvalue weighted by atomic mass is 10.0. The molecule has 0 spiro atoms. The highest BCUT2D eigenvalue weighted by Crippen LogP contribution is 2.21. The SMILES string of the molecule is CCOc1ccc(CN2CC(N3CCCCC3)C2)cn1. The van der Waals surface area contributed by atoms with Gasteiger partial charge < -0.3 is 4.74 Å². The highest BCUT2D eigenvalue weighted by Gasteiger charge is 2.31. The van der Waals surface area contributed by atoms with E-state index in [9.17, 15) is 0 Å². The van der Waals surface area contributed by atoms with Crippen LogP contribution >= 0.6 is 0 Å². The van der Waals surface area contributed by atoms with Gasteiger partial charge in [0.2, 0.25) is 5.88 Å². The lowest BCUT2D eigenvalue weighted by molar-refractivity contribution is 0.0185. The summed E-state index contributed by atoms with van der Waals surface area (Å²) < 4.78 is 5.37. The smallest absolute Gasteiger partial charge is 0.213 e. The number of ether oxygens (including phenoxy) is 1. The van der Waals surface area contributed by atoms with Gasteiger partial charge in [-0.05, 0) is 38.4 Å². The molecule has 2 aliphatic rings. The predicted molar refractivity (Wildman–Crippen MR) is 79.9 cm³/mol. The fraction of sp³-hybridized carbons (Fsp3) is 0.688. The number of pyridine rings is 1. The first kappa shape index (κ1) is 13.8. The number of hydrogen-bond acceptors (Lipinski definition) is 4. The summed E-state index contributed by atoms with van der Waals surface area (Å²) in [5.41, 5.74) is 1.28. The Kier molecular flexibility index (Phi) is 4.53. The Morgan fingerprint density at radius 2 is 2.00 bits per heavy atom. The molecule has 0 bridgehead atoms. The molecule has 3 heterocycles. The maximum atomic E-state index is 5.37. The highest BCUT2D eigenvalue weighted by atomic mass is 16.5. The molecule has 4 nitrogen and oxygen atoms in total. The van der Waals surface area contributed by atoms with E-state index in [1.165, 1.54) is 51.0 Å². The molecular formula is C16H25N3O. The van der Waals surface area contributed by atoms with Gasteiger partial charge in [0.25, 0.3) is 0 Å². The summed E-state index contributed by atoms with van der Waals surface area (Å²) in [5.74, 6) is 0.728. The molecule has 4 heteroatoms. The van der Waals surface area contributed by atoms with Gasteiger partial charge in [-0.3, -0.25) is 9.80 Å². The summed E-state index contributed by atoms with van der Waals surface area (Å²) in [4.78, 5) is 9.52. The number of nitrogens with zero attached hydrogens (tertiary/aromatic N) is 3. The molecule has 0 N–H and O–H groups in total. The van der Waals surface area contributed by atoms with Gasteiger partial charge in [-0.25, -0.2) is 4.98 Å². The molecule has 0 saturated carbocycles. The van der Waals surface area contributed by atoms with Crippen LogP contribution in [0.1, 0.15) is 31.7 Å². The molecule has 20 heavy (non-hydrogen) atoms. The molecule has 2 fully saturated rings. The zero-order chi connectivity index (χ0) is 13.8. The van der Waals surface area contributed by atoms with Crippen molar-refractivity contribution in [2.75, 3.05) is 32.8 Å². The summed E-state index contributed by atoms with van der Waals surface area (Å²) in [6.45, 7) is 8.72. The minimum absolute atomic E-state index is 0.677. The van der Waals surface area contributed by atoms with Crippen LogP contribution in [-0.4, -0.2) is 53.6 Å². The van der Waals surface area contributed by atoms with Crippen LogP contribution in [-0.2, 0) is 6.54 Å². The summed E-state index contributed by atoms with van der Waals surface area (Å²) in [6.07, 6.45) is 6.14. The minimum atomic E-state index is 0.677. The summed E-state index contributed by atoms with van der Waals surface area (Å²) in [6, 6.07) is 4.90. The fourth-order valence-electron chi connectivity index (χ4n) is 3.18. The Morgan fingerprint density at radius 1 is 1.20 bits per heavy atom. The zero-order valence-corrected chi connectivity index (χ0v) is 12.4. The number of aromatic nitrogens is 1. The van der Waals surface area contributed by atoms with Crippen LogP contribution in [0.15, 0.2) is 18.3 Å². The molecule has 0 amide bonds. The Hall–Kier alpha value is -1.13. The number of hydrogen-bond donors (Lipinski definition) is 0. The van der Waals surface area contributed by atoms with Crippen LogP contribution in [0.25, 0.3) is 0 Å². The van der Waals surface area contributed by atoms with Crippen molar-refractivity contribution in [3.05, 3.63) is 23.9 Å². The van der Waals surface area contributed by atoms with Crippen molar-refractivity contribution in [3.8, 4) is 5.88 Å². The molecule has 1 aromatic rings. The van der Waals surface area contributed by atoms with E-state index < -0.39 is 0 Å². The normalized spacial score (nSPS) is 21.6. The molecule has 110 valence electrons. The van der Waals surface area contributed by atoms with Gasteiger partial charge in [0.1, 0.15) is 0 Å². The van der Waals surface area contributed by atoms with Gasteiger partial charge in [-0.1, -0.05) is 12.5 Å². The molecule has 1 aromatic heterocycles. The molecule has 0 aliphatic carbocycles. The fourth-order valence-corrected chi connectivity index (χ4v) is 3.18. The first-order valence-electron chi connectivity index (χ1n) is 7.89. The average molecular weight is 275 g/mol. The minimum Gasteiger partial charge on any atom is -0.478 e. The van der Waals surface area contributed by atoms with Gasteiger partial charge in [0.15, 0.2) is 0 Å². The number of rotatable bonds is 5. The Bertz CT molecular complexity index is 408. The zero-order valence-electron chi connectivity index (χ0n) is 12.4. The van der Waals surface area contributed by atoms with Crippen LogP contribution in [0.5, 0.6) is 5.88 Å². The summed E-state index contributed by atoms with van der Waals surface area (Å²) in [7, 11) is 0. The predicted octanol–water partition coefficient (Wildman–Crippen LogP) is 2.15. The quantitative estimate of drug-likeness (QED) is 0.823. The van der Waals surface area contributed by atoms with Crippen molar-refractivity contribution >= 4 is 0 Å². The van der Waals surface area contributed by atoms with Gasteiger partial charge in [0, 0.05) is 37.9 Å². The average Bonchev–Trinajstić information content (AvgIpc) is 2.45. The van der Waals surface area contributed by atoms with E-state index in [1.807, 2.05) is 19.2 Å². The van der Waals surface area contributed by atoms with E-state index in [0.717, 1.165) is 18.5 Å². The van der Waals surface area contributed by atoms with Crippen LogP contribution < -0.4 is 4.74 Å². The lowest BCUT2D eigenvalue weighted by Gasteiger charge is -2.46. The maximum Gasteiger partial charge on any atom is 0.213 e. The first-order valence-corrected chi connectivity index (χ1v) is 7.89. The monoisotopic (exact) mass is 275 g/mol. The van der Waals surface area contributed by atoms with Crippen molar-refractivity contribution in [2.24, 2.45) is 0 Å². The van der Waals surface area contributed by atoms with Gasteiger partial charge in [0.05, 0.1) is 6.61 Å². The van der Waals surface area contributed by atoms with Crippen molar-refractivity contribution in [1.82, 2.24) is 14.8 Å². The van der Waals surface area contributed by atoms with Crippen molar-refractivity contribution < 1.29 is 4.74 Å². The lowest BCUT2D eigenvalue weighted by Crippen LogP contribution is -2.59. The van der Waals surface area contributed by atoms with Crippen LogP contribution in [0.4, 0.5) is 0 Å². The maximum absolute atomic E-state index is 5.37. The van der Waals surface area contributed by atoms with Crippen molar-refractivity contribution in [3.63, 3.8) is 0 Å². The van der Waals surface area contributed by atoms with E-state index in [-0.39, 0.29) is 0 Å². The standard InChI is InChI=1S/C16H25N3O/c1-2-20-16-7-6-14(10-17-16)11-18-12-15(13-18)19-8-4-3-5-9-19/h6-7,10,15H,2-5,8-9,11-13H2,1H3. The topological polar surface area (TPSA) is 28.6 Å². The molecule has 2 aliphatic heterocycles. The third-order valence-electron chi connectivity index (χ3n) is 4.34. The number of piperidine rings is 1. The van der Waals surface area contributed by atoms with Crippen LogP contribution in [0.3, 0.4) is 0 Å². The summed E-state index contributed by atoms with van der Waals surface area (Å²) in [5, 5.41) is 0. The Morgan fingerprint density at radius 3 is 2.65 bits per heavy atom. The van der Waals surface area contributed by atoms with Gasteiger partial charge in [-0.15, -0.1) is 0 Å². The van der Waals surface area contributed by atoms with Crippen molar-refractivity contribution in [2.45, 2.75) is 38.8 Å². The Labute approximate surface area is 121 Å². The van der Waals surface area contributed by atoms with Crippen LogP contribution in [0, 0.1) is 0 Å². The third kappa shape index (κ3) is 3.30. The van der Waals surface area contributed by atoms with E-state index in [4.69, 9.17) is 4.74 Å². The second-order valence-corrected chi connectivity index (χ2v) is 5.88. The molecule has 0 unspecified atom stereocenters. The second kappa shape index (κ2) is 6.55.